The highest BCUT2D eigenvalue weighted by Gasteiger charge is 2.21. The fourth-order valence-electron chi connectivity index (χ4n) is 0.973. The van der Waals surface area contributed by atoms with Gasteiger partial charge in [0.25, 0.3) is 0 Å². The van der Waals surface area contributed by atoms with E-state index in [1.54, 1.807) is 18.0 Å². The Balaban J connectivity index is 0.000000605. The summed E-state index contributed by atoms with van der Waals surface area (Å²) in [6, 6.07) is 0. The zero-order valence-electron chi connectivity index (χ0n) is 5.74. The lowest BCUT2D eigenvalue weighted by Gasteiger charge is -2.06. The van der Waals surface area contributed by atoms with Crippen LogP contribution in [0.15, 0.2) is 22.9 Å². The number of allylic oxidation sites excluding steroid dienone is 1. The minimum Gasteiger partial charge on any atom is -0.496 e. The van der Waals surface area contributed by atoms with Gasteiger partial charge < -0.3 is 15.8 Å². The zero-order valence-corrected chi connectivity index (χ0v) is 7.37. The SMILES string of the molecule is Cl.NC1NC2=C(COC=C2)S1. The summed E-state index contributed by atoms with van der Waals surface area (Å²) in [5, 5.41) is 3.11. The lowest BCUT2D eigenvalue weighted by molar-refractivity contribution is 0.281. The molecule has 0 aliphatic carbocycles. The molecule has 0 fully saturated rings. The Kier molecular flexibility index (Phi) is 2.70. The van der Waals surface area contributed by atoms with E-state index >= 15 is 0 Å². The molecule has 0 saturated heterocycles. The number of hydrogen-bond donors (Lipinski definition) is 2. The van der Waals surface area contributed by atoms with Crippen molar-refractivity contribution in [3.8, 4) is 0 Å². The smallest absolute Gasteiger partial charge is 0.127 e. The fourth-order valence-corrected chi connectivity index (χ4v) is 1.86. The molecule has 0 aromatic rings. The first-order valence-electron chi connectivity index (χ1n) is 3.06. The molecule has 2 rings (SSSR count). The minimum atomic E-state index is 0. The number of nitrogens with one attached hydrogen (secondary N) is 1. The van der Waals surface area contributed by atoms with Gasteiger partial charge in [0.05, 0.1) is 12.0 Å². The molecule has 0 spiro atoms. The van der Waals surface area contributed by atoms with E-state index in [0.29, 0.717) is 6.61 Å². The Morgan fingerprint density at radius 3 is 3.27 bits per heavy atom. The molecule has 0 amide bonds. The van der Waals surface area contributed by atoms with E-state index in [4.69, 9.17) is 10.5 Å². The molecule has 0 radical (unpaired) electrons. The molecule has 5 heteroatoms. The van der Waals surface area contributed by atoms with E-state index in [9.17, 15) is 0 Å². The Morgan fingerprint density at radius 1 is 1.73 bits per heavy atom. The number of thioether (sulfide) groups is 1. The summed E-state index contributed by atoms with van der Waals surface area (Å²) in [5.74, 6) is 0. The Morgan fingerprint density at radius 2 is 2.55 bits per heavy atom. The standard InChI is InChI=1S/C6H8N2OS.ClH/c7-6-8-4-1-2-9-3-5(4)10-6;/h1-2,6,8H,3,7H2;1H. The molecule has 2 heterocycles. The quantitative estimate of drug-likeness (QED) is 0.595. The number of hydrogen-bond acceptors (Lipinski definition) is 4. The first-order chi connectivity index (χ1) is 4.86. The highest BCUT2D eigenvalue weighted by atomic mass is 35.5. The van der Waals surface area contributed by atoms with Crippen LogP contribution in [0.3, 0.4) is 0 Å². The second-order valence-corrected chi connectivity index (χ2v) is 3.37. The summed E-state index contributed by atoms with van der Waals surface area (Å²) in [6.45, 7) is 0.664. The molecule has 2 aliphatic rings. The molecule has 0 aromatic carbocycles. The highest BCUT2D eigenvalue weighted by molar-refractivity contribution is 8.03. The molecule has 62 valence electrons. The van der Waals surface area contributed by atoms with E-state index in [1.807, 2.05) is 6.08 Å². The van der Waals surface area contributed by atoms with Gasteiger partial charge >= 0.3 is 0 Å². The molecule has 0 bridgehead atoms. The van der Waals surface area contributed by atoms with Crippen molar-refractivity contribution in [1.29, 1.82) is 0 Å². The molecular weight excluding hydrogens is 184 g/mol. The Labute approximate surface area is 75.5 Å². The summed E-state index contributed by atoms with van der Waals surface area (Å²) >= 11 is 1.62. The van der Waals surface area contributed by atoms with Crippen LogP contribution in [0.25, 0.3) is 0 Å². The zero-order chi connectivity index (χ0) is 6.97. The second-order valence-electron chi connectivity index (χ2n) is 2.13. The van der Waals surface area contributed by atoms with Crippen LogP contribution in [0.5, 0.6) is 0 Å². The topological polar surface area (TPSA) is 47.3 Å². The van der Waals surface area contributed by atoms with Gasteiger partial charge in [-0.05, 0) is 6.08 Å². The maximum Gasteiger partial charge on any atom is 0.127 e. The molecule has 0 saturated carbocycles. The number of ether oxygens (including phenoxy) is 1. The fraction of sp³-hybridized carbons (Fsp3) is 0.333. The molecule has 2 aliphatic heterocycles. The lowest BCUT2D eigenvalue weighted by Crippen LogP contribution is -2.28. The van der Waals surface area contributed by atoms with Crippen molar-refractivity contribution >= 4 is 24.2 Å². The average Bonchev–Trinajstić information content (AvgIpc) is 2.27. The number of nitrogens with two attached hydrogens (primary N) is 1. The van der Waals surface area contributed by atoms with Crippen LogP contribution < -0.4 is 11.1 Å². The molecule has 3 nitrogen and oxygen atoms in total. The monoisotopic (exact) mass is 192 g/mol. The minimum absolute atomic E-state index is 0. The van der Waals surface area contributed by atoms with Crippen molar-refractivity contribution in [2.75, 3.05) is 6.61 Å². The number of rotatable bonds is 0. The Bertz CT molecular complexity index is 217. The van der Waals surface area contributed by atoms with Crippen molar-refractivity contribution in [2.24, 2.45) is 5.73 Å². The summed E-state index contributed by atoms with van der Waals surface area (Å²) < 4.78 is 5.08. The predicted octanol–water partition coefficient (Wildman–Crippen LogP) is 0.742. The van der Waals surface area contributed by atoms with Gasteiger partial charge in [0, 0.05) is 4.91 Å². The lowest BCUT2D eigenvalue weighted by atomic mass is 10.3. The van der Waals surface area contributed by atoms with Crippen LogP contribution in [-0.4, -0.2) is 12.1 Å². The second kappa shape index (κ2) is 3.38. The third kappa shape index (κ3) is 1.64. The summed E-state index contributed by atoms with van der Waals surface area (Å²) in [4.78, 5) is 1.20. The maximum absolute atomic E-state index is 5.62. The van der Waals surface area contributed by atoms with Crippen LogP contribution >= 0.6 is 24.2 Å². The number of halogens is 1. The van der Waals surface area contributed by atoms with Crippen molar-refractivity contribution in [2.45, 2.75) is 5.50 Å². The first kappa shape index (κ1) is 8.77. The molecular formula is C6H9ClN2OS. The van der Waals surface area contributed by atoms with Crippen LogP contribution in [0.2, 0.25) is 0 Å². The molecule has 1 atom stereocenters. The normalized spacial score (nSPS) is 26.8. The highest BCUT2D eigenvalue weighted by Crippen LogP contribution is 2.30. The first-order valence-corrected chi connectivity index (χ1v) is 3.94. The largest absolute Gasteiger partial charge is 0.496 e. The van der Waals surface area contributed by atoms with Crippen molar-refractivity contribution in [3.05, 3.63) is 22.9 Å². The van der Waals surface area contributed by atoms with Crippen molar-refractivity contribution in [3.63, 3.8) is 0 Å². The van der Waals surface area contributed by atoms with Gasteiger partial charge in [0.2, 0.25) is 0 Å². The van der Waals surface area contributed by atoms with Gasteiger partial charge in [-0.1, -0.05) is 11.8 Å². The van der Waals surface area contributed by atoms with Gasteiger partial charge in [-0.15, -0.1) is 12.4 Å². The molecule has 3 N–H and O–H groups in total. The van der Waals surface area contributed by atoms with E-state index < -0.39 is 0 Å². The van der Waals surface area contributed by atoms with E-state index in [2.05, 4.69) is 5.32 Å². The van der Waals surface area contributed by atoms with E-state index in [1.165, 1.54) is 4.91 Å². The summed E-state index contributed by atoms with van der Waals surface area (Å²) in [7, 11) is 0. The van der Waals surface area contributed by atoms with Gasteiger partial charge in [-0.2, -0.15) is 0 Å². The predicted molar refractivity (Wildman–Crippen MR) is 48.1 cm³/mol. The van der Waals surface area contributed by atoms with Gasteiger partial charge in [0.1, 0.15) is 12.1 Å². The van der Waals surface area contributed by atoms with Gasteiger partial charge in [-0.3, -0.25) is 0 Å². The maximum atomic E-state index is 5.62. The molecule has 0 aromatic heterocycles. The van der Waals surface area contributed by atoms with Gasteiger partial charge in [-0.25, -0.2) is 0 Å². The summed E-state index contributed by atoms with van der Waals surface area (Å²) in [5.41, 5.74) is 6.74. The Hall–Kier alpha value is -0.320. The third-order valence-electron chi connectivity index (χ3n) is 1.41. The van der Waals surface area contributed by atoms with Crippen molar-refractivity contribution in [1.82, 2.24) is 5.32 Å². The average molecular weight is 193 g/mol. The van der Waals surface area contributed by atoms with E-state index in [0.717, 1.165) is 5.70 Å². The van der Waals surface area contributed by atoms with Crippen LogP contribution in [0.4, 0.5) is 0 Å². The van der Waals surface area contributed by atoms with Gasteiger partial charge in [0.15, 0.2) is 0 Å². The van der Waals surface area contributed by atoms with Crippen LogP contribution in [0.1, 0.15) is 0 Å². The third-order valence-corrected chi connectivity index (χ3v) is 2.41. The van der Waals surface area contributed by atoms with Crippen LogP contribution in [0, 0.1) is 0 Å². The molecule has 11 heavy (non-hydrogen) atoms. The van der Waals surface area contributed by atoms with E-state index in [-0.39, 0.29) is 17.9 Å². The molecule has 1 unspecified atom stereocenters. The van der Waals surface area contributed by atoms with Crippen LogP contribution in [-0.2, 0) is 4.74 Å². The van der Waals surface area contributed by atoms with Crippen molar-refractivity contribution < 1.29 is 4.74 Å². The summed E-state index contributed by atoms with van der Waals surface area (Å²) in [6.07, 6.45) is 3.59.